The van der Waals surface area contributed by atoms with Crippen LogP contribution in [0.3, 0.4) is 0 Å². The Labute approximate surface area is 244 Å². The minimum Gasteiger partial charge on any atom is -0.493 e. The quantitative estimate of drug-likeness (QED) is 0.152. The molecule has 0 N–H and O–H groups in total. The van der Waals surface area contributed by atoms with Crippen LogP contribution in [0.4, 0.5) is 0 Å². The number of methoxy groups -OCH3 is 2. The molecule has 222 valence electrons. The van der Waals surface area contributed by atoms with Crippen LogP contribution in [-0.4, -0.2) is 39.4 Å². The van der Waals surface area contributed by atoms with Gasteiger partial charge in [0.15, 0.2) is 28.8 Å². The lowest BCUT2D eigenvalue weighted by atomic mass is 10.0. The lowest BCUT2D eigenvalue weighted by molar-refractivity contribution is -0.150. The van der Waals surface area contributed by atoms with Crippen molar-refractivity contribution in [2.24, 2.45) is 0 Å². The minimum absolute atomic E-state index is 0.0751. The van der Waals surface area contributed by atoms with Gasteiger partial charge in [-0.25, -0.2) is 0 Å². The monoisotopic (exact) mass is 578 g/mol. The van der Waals surface area contributed by atoms with Crippen molar-refractivity contribution in [2.45, 2.75) is 39.3 Å². The molecule has 10 nitrogen and oxygen atoms in total. The molecule has 1 saturated heterocycles. The molecule has 1 aliphatic heterocycles. The summed E-state index contributed by atoms with van der Waals surface area (Å²) in [4.78, 5) is 23.9. The number of carbonyl (C=O) groups excluding carboxylic acids is 2. The second-order valence-corrected chi connectivity index (χ2v) is 9.43. The lowest BCUT2D eigenvalue weighted by Crippen LogP contribution is -2.23. The lowest BCUT2D eigenvalue weighted by Gasteiger charge is -2.27. The van der Waals surface area contributed by atoms with E-state index in [9.17, 15) is 9.59 Å². The van der Waals surface area contributed by atoms with Gasteiger partial charge in [-0.1, -0.05) is 36.9 Å². The highest BCUT2D eigenvalue weighted by molar-refractivity contribution is 5.73. The van der Waals surface area contributed by atoms with Crippen LogP contribution in [0.15, 0.2) is 67.3 Å². The molecule has 1 heterocycles. The fourth-order valence-electron chi connectivity index (χ4n) is 4.39. The number of hydrogen-bond donors (Lipinski definition) is 0. The topological polar surface area (TPSA) is 108 Å². The summed E-state index contributed by atoms with van der Waals surface area (Å²) in [6, 6.07) is 16.2. The van der Waals surface area contributed by atoms with Gasteiger partial charge in [-0.2, -0.15) is 0 Å². The summed E-state index contributed by atoms with van der Waals surface area (Å²) >= 11 is 0. The molecule has 3 aromatic carbocycles. The molecule has 0 aromatic heterocycles. The number of esters is 2. The SMILES string of the molecule is C=CC(Oc1cc(C2(C)OCCO2)cc(OCc2ccccc2)c1OC(C)=O)c1cc(OC)c(OC(C)=O)c(OC)c1. The first-order valence-corrected chi connectivity index (χ1v) is 13.2. The van der Waals surface area contributed by atoms with Crippen LogP contribution in [-0.2, 0) is 31.5 Å². The maximum Gasteiger partial charge on any atom is 0.308 e. The standard InChI is InChI=1S/C32H34O10/c1-7-25(23-15-26(35-5)30(40-20(2)33)27(16-23)36-6)42-29-18-24(32(4)38-13-14-39-32)17-28(31(29)41-21(3)34)37-19-22-11-9-8-10-12-22/h7-12,15-18,25H,1,13-14,19H2,2-6H3. The molecular formula is C32H34O10. The molecule has 0 bridgehead atoms. The Morgan fingerprint density at radius 2 is 1.43 bits per heavy atom. The molecule has 0 radical (unpaired) electrons. The van der Waals surface area contributed by atoms with E-state index >= 15 is 0 Å². The molecule has 1 aliphatic rings. The Morgan fingerprint density at radius 3 is 1.95 bits per heavy atom. The Balaban J connectivity index is 1.81. The number of benzene rings is 3. The zero-order chi connectivity index (χ0) is 30.3. The maximum absolute atomic E-state index is 12.2. The highest BCUT2D eigenvalue weighted by atomic mass is 16.7. The van der Waals surface area contributed by atoms with Crippen molar-refractivity contribution in [2.75, 3.05) is 27.4 Å². The van der Waals surface area contributed by atoms with Gasteiger partial charge in [0.05, 0.1) is 27.4 Å². The van der Waals surface area contributed by atoms with Crippen LogP contribution >= 0.6 is 0 Å². The minimum atomic E-state index is -1.08. The summed E-state index contributed by atoms with van der Waals surface area (Å²) in [5.41, 5.74) is 2.06. The van der Waals surface area contributed by atoms with E-state index in [-0.39, 0.29) is 41.1 Å². The first kappa shape index (κ1) is 30.4. The largest absolute Gasteiger partial charge is 0.493 e. The van der Waals surface area contributed by atoms with Crippen molar-refractivity contribution in [1.82, 2.24) is 0 Å². The van der Waals surface area contributed by atoms with Crippen molar-refractivity contribution < 1.29 is 47.5 Å². The maximum atomic E-state index is 12.2. The van der Waals surface area contributed by atoms with Gasteiger partial charge in [-0.15, -0.1) is 0 Å². The molecule has 3 aromatic rings. The molecule has 0 amide bonds. The number of rotatable bonds is 12. The predicted octanol–water partition coefficient (Wildman–Crippen LogP) is 5.66. The number of hydrogen-bond acceptors (Lipinski definition) is 10. The average Bonchev–Trinajstić information content (AvgIpc) is 3.43. The van der Waals surface area contributed by atoms with Crippen molar-refractivity contribution in [3.63, 3.8) is 0 Å². The van der Waals surface area contributed by atoms with Gasteiger partial charge >= 0.3 is 11.9 Å². The smallest absolute Gasteiger partial charge is 0.308 e. The van der Waals surface area contributed by atoms with Crippen LogP contribution in [0, 0.1) is 0 Å². The van der Waals surface area contributed by atoms with E-state index in [1.807, 2.05) is 30.3 Å². The second kappa shape index (κ2) is 13.4. The van der Waals surface area contributed by atoms with E-state index in [0.717, 1.165) is 5.56 Å². The summed E-state index contributed by atoms with van der Waals surface area (Å²) in [6.45, 7) is 9.31. The molecule has 42 heavy (non-hydrogen) atoms. The van der Waals surface area contributed by atoms with Gasteiger partial charge in [0.1, 0.15) is 12.7 Å². The third-order valence-corrected chi connectivity index (χ3v) is 6.39. The first-order chi connectivity index (χ1) is 20.2. The molecule has 1 unspecified atom stereocenters. The Hall–Kier alpha value is -4.54. The fraction of sp³-hybridized carbons (Fsp3) is 0.312. The van der Waals surface area contributed by atoms with Crippen LogP contribution in [0.25, 0.3) is 0 Å². The van der Waals surface area contributed by atoms with Gasteiger partial charge < -0.3 is 37.9 Å². The van der Waals surface area contributed by atoms with Gasteiger partial charge in [0, 0.05) is 25.0 Å². The average molecular weight is 579 g/mol. The normalized spacial score (nSPS) is 14.4. The van der Waals surface area contributed by atoms with Crippen molar-refractivity contribution in [1.29, 1.82) is 0 Å². The molecule has 0 spiro atoms. The second-order valence-electron chi connectivity index (χ2n) is 9.43. The number of carbonyl (C=O) groups is 2. The van der Waals surface area contributed by atoms with Crippen LogP contribution in [0.5, 0.6) is 34.5 Å². The zero-order valence-electron chi connectivity index (χ0n) is 24.3. The van der Waals surface area contributed by atoms with Crippen LogP contribution < -0.4 is 28.4 Å². The molecule has 10 heteroatoms. The van der Waals surface area contributed by atoms with E-state index in [4.69, 9.17) is 37.9 Å². The highest BCUT2D eigenvalue weighted by Gasteiger charge is 2.36. The molecule has 4 rings (SSSR count). The van der Waals surface area contributed by atoms with Crippen molar-refractivity contribution in [3.8, 4) is 34.5 Å². The summed E-state index contributed by atoms with van der Waals surface area (Å²) in [6.07, 6.45) is 0.752. The molecule has 1 atom stereocenters. The van der Waals surface area contributed by atoms with E-state index in [1.54, 1.807) is 37.3 Å². The Kier molecular flexibility index (Phi) is 9.72. The summed E-state index contributed by atoms with van der Waals surface area (Å²) < 4.78 is 46.3. The van der Waals surface area contributed by atoms with Crippen LogP contribution in [0.1, 0.15) is 43.6 Å². The third-order valence-electron chi connectivity index (χ3n) is 6.39. The molecular weight excluding hydrogens is 544 g/mol. The zero-order valence-corrected chi connectivity index (χ0v) is 24.3. The van der Waals surface area contributed by atoms with Gasteiger partial charge in [-0.05, 0) is 42.8 Å². The summed E-state index contributed by atoms with van der Waals surface area (Å²) in [5, 5.41) is 0. The summed E-state index contributed by atoms with van der Waals surface area (Å²) in [7, 11) is 2.88. The van der Waals surface area contributed by atoms with E-state index < -0.39 is 23.8 Å². The van der Waals surface area contributed by atoms with Gasteiger partial charge in [0.2, 0.25) is 11.5 Å². The van der Waals surface area contributed by atoms with E-state index in [2.05, 4.69) is 6.58 Å². The third kappa shape index (κ3) is 7.02. The first-order valence-electron chi connectivity index (χ1n) is 13.2. The fourth-order valence-corrected chi connectivity index (χ4v) is 4.39. The Morgan fingerprint density at radius 1 is 0.881 bits per heavy atom. The summed E-state index contributed by atoms with van der Waals surface area (Å²) in [5.74, 6) is -1.06. The van der Waals surface area contributed by atoms with E-state index in [1.165, 1.54) is 28.1 Å². The van der Waals surface area contributed by atoms with E-state index in [0.29, 0.717) is 24.3 Å². The van der Waals surface area contributed by atoms with Gasteiger partial charge in [-0.3, -0.25) is 9.59 Å². The Bertz CT molecular complexity index is 1400. The number of ether oxygens (including phenoxy) is 8. The molecule has 0 aliphatic carbocycles. The molecule has 1 fully saturated rings. The van der Waals surface area contributed by atoms with Crippen molar-refractivity contribution in [3.05, 3.63) is 83.9 Å². The molecule has 0 saturated carbocycles. The van der Waals surface area contributed by atoms with Crippen LogP contribution in [0.2, 0.25) is 0 Å². The highest BCUT2D eigenvalue weighted by Crippen LogP contribution is 2.47. The van der Waals surface area contributed by atoms with Gasteiger partial charge in [0.25, 0.3) is 0 Å². The predicted molar refractivity (Wildman–Crippen MR) is 152 cm³/mol. The van der Waals surface area contributed by atoms with Crippen molar-refractivity contribution >= 4 is 11.9 Å².